The van der Waals surface area contributed by atoms with Gasteiger partial charge in [0, 0.05) is 23.5 Å². The van der Waals surface area contributed by atoms with Gasteiger partial charge < -0.3 is 10.4 Å². The van der Waals surface area contributed by atoms with Crippen molar-refractivity contribution < 1.29 is 28.0 Å². The van der Waals surface area contributed by atoms with Crippen molar-refractivity contribution in [3.8, 4) is 0 Å². The van der Waals surface area contributed by atoms with E-state index >= 15 is 0 Å². The third-order valence-electron chi connectivity index (χ3n) is 4.19. The molecular weight excluding hydrogens is 462 g/mol. The Kier molecular flexibility index (Phi) is 6.42. The summed E-state index contributed by atoms with van der Waals surface area (Å²) in [5.41, 5.74) is -0.144. The normalized spacial score (nSPS) is 10.9. The number of nitrogens with one attached hydrogen (secondary N) is 2. The monoisotopic (exact) mass is 475 g/mol. The molecule has 3 rings (SSSR count). The first kappa shape index (κ1) is 22.7. The third-order valence-corrected chi connectivity index (χ3v) is 5.90. The van der Waals surface area contributed by atoms with Crippen LogP contribution in [0, 0.1) is 10.1 Å². The van der Waals surface area contributed by atoms with Crippen molar-refractivity contribution in [2.75, 3.05) is 10.0 Å². The fourth-order valence-electron chi connectivity index (χ4n) is 2.64. The fourth-order valence-corrected chi connectivity index (χ4v) is 3.92. The Morgan fingerprint density at radius 1 is 0.969 bits per heavy atom. The van der Waals surface area contributed by atoms with Crippen molar-refractivity contribution in [3.05, 3.63) is 93.0 Å². The minimum atomic E-state index is -4.17. The topological polar surface area (TPSA) is 156 Å². The molecule has 0 fully saturated rings. The van der Waals surface area contributed by atoms with Gasteiger partial charge in [0.1, 0.15) is 0 Å². The van der Waals surface area contributed by atoms with Crippen LogP contribution in [0.1, 0.15) is 20.7 Å². The lowest BCUT2D eigenvalue weighted by molar-refractivity contribution is -0.384. The van der Waals surface area contributed by atoms with Gasteiger partial charge in [0.2, 0.25) is 0 Å². The maximum atomic E-state index is 12.7. The van der Waals surface area contributed by atoms with E-state index in [1.54, 1.807) is 0 Å². The van der Waals surface area contributed by atoms with Crippen LogP contribution in [0.5, 0.6) is 0 Å². The Labute approximate surface area is 186 Å². The van der Waals surface area contributed by atoms with Crippen LogP contribution in [0.2, 0.25) is 5.02 Å². The number of carboxylic acids is 1. The van der Waals surface area contributed by atoms with Crippen LogP contribution < -0.4 is 10.0 Å². The standard InChI is InChI=1S/C20H14ClN3O7S/c21-18-9-8-16(32(30,31)23-14-3-1-2-12(10-14)20(26)27)11-17(18)19(25)22-13-4-6-15(7-5-13)24(28)29/h1-11,23H,(H,22,25)(H,26,27). The van der Waals surface area contributed by atoms with E-state index in [4.69, 9.17) is 16.7 Å². The summed E-state index contributed by atoms with van der Waals surface area (Å²) in [4.78, 5) is 33.5. The summed E-state index contributed by atoms with van der Waals surface area (Å²) in [6, 6.07) is 13.7. The zero-order chi connectivity index (χ0) is 23.5. The molecule has 0 saturated carbocycles. The van der Waals surface area contributed by atoms with Gasteiger partial charge in [-0.2, -0.15) is 0 Å². The van der Waals surface area contributed by atoms with Gasteiger partial charge in [-0.15, -0.1) is 0 Å². The fraction of sp³-hybridized carbons (Fsp3) is 0. The predicted octanol–water partition coefficient (Wildman–Crippen LogP) is 4.00. The van der Waals surface area contributed by atoms with Gasteiger partial charge in [-0.25, -0.2) is 13.2 Å². The summed E-state index contributed by atoms with van der Waals surface area (Å²) < 4.78 is 27.7. The van der Waals surface area contributed by atoms with Crippen molar-refractivity contribution in [3.63, 3.8) is 0 Å². The average Bonchev–Trinajstić information content (AvgIpc) is 2.74. The van der Waals surface area contributed by atoms with E-state index in [0.29, 0.717) is 0 Å². The van der Waals surface area contributed by atoms with E-state index in [2.05, 4.69) is 10.0 Å². The smallest absolute Gasteiger partial charge is 0.335 e. The van der Waals surface area contributed by atoms with Gasteiger partial charge in [0.15, 0.2) is 0 Å². The molecule has 0 radical (unpaired) electrons. The molecule has 32 heavy (non-hydrogen) atoms. The molecular formula is C20H14ClN3O7S. The molecule has 3 N–H and O–H groups in total. The molecule has 0 unspecified atom stereocenters. The molecule has 0 aromatic heterocycles. The van der Waals surface area contributed by atoms with Gasteiger partial charge >= 0.3 is 5.97 Å². The molecule has 0 aliphatic heterocycles. The zero-order valence-corrected chi connectivity index (χ0v) is 17.6. The average molecular weight is 476 g/mol. The maximum absolute atomic E-state index is 12.7. The number of non-ortho nitro benzene ring substituents is 1. The molecule has 0 atom stereocenters. The van der Waals surface area contributed by atoms with Crippen LogP contribution in [-0.2, 0) is 10.0 Å². The highest BCUT2D eigenvalue weighted by Crippen LogP contribution is 2.24. The van der Waals surface area contributed by atoms with Crippen LogP contribution in [0.3, 0.4) is 0 Å². The summed E-state index contributed by atoms with van der Waals surface area (Å²) in [5.74, 6) is -1.95. The molecule has 0 heterocycles. The number of halogens is 1. The Balaban J connectivity index is 1.85. The predicted molar refractivity (Wildman–Crippen MR) is 117 cm³/mol. The maximum Gasteiger partial charge on any atom is 0.335 e. The number of nitro benzene ring substituents is 1. The molecule has 3 aromatic rings. The highest BCUT2D eigenvalue weighted by molar-refractivity contribution is 7.92. The van der Waals surface area contributed by atoms with Crippen molar-refractivity contribution >= 4 is 50.6 Å². The molecule has 0 saturated heterocycles. The van der Waals surface area contributed by atoms with Gasteiger partial charge in [0.05, 0.1) is 26.0 Å². The van der Waals surface area contributed by atoms with Crippen LogP contribution in [-0.4, -0.2) is 30.3 Å². The van der Waals surface area contributed by atoms with Gasteiger partial charge in [-0.05, 0) is 48.5 Å². The number of anilines is 2. The van der Waals surface area contributed by atoms with Crippen LogP contribution in [0.4, 0.5) is 17.1 Å². The highest BCUT2D eigenvalue weighted by Gasteiger charge is 2.20. The van der Waals surface area contributed by atoms with E-state index < -0.39 is 26.8 Å². The number of carbonyl (C=O) groups is 2. The summed E-state index contributed by atoms with van der Waals surface area (Å²) >= 11 is 6.06. The minimum absolute atomic E-state index is 0.0174. The number of hydrogen-bond acceptors (Lipinski definition) is 6. The lowest BCUT2D eigenvalue weighted by atomic mass is 10.2. The number of aromatic carboxylic acids is 1. The summed E-state index contributed by atoms with van der Waals surface area (Å²) in [7, 11) is -4.17. The molecule has 0 bridgehead atoms. The largest absolute Gasteiger partial charge is 0.478 e. The first-order valence-electron chi connectivity index (χ1n) is 8.78. The van der Waals surface area contributed by atoms with Gasteiger partial charge in [0.25, 0.3) is 21.6 Å². The Bertz CT molecular complexity index is 1330. The van der Waals surface area contributed by atoms with Gasteiger partial charge in [-0.3, -0.25) is 19.6 Å². The van der Waals surface area contributed by atoms with Crippen molar-refractivity contribution in [2.24, 2.45) is 0 Å². The molecule has 0 aliphatic carbocycles. The highest BCUT2D eigenvalue weighted by atomic mass is 35.5. The van der Waals surface area contributed by atoms with Crippen molar-refractivity contribution in [1.29, 1.82) is 0 Å². The molecule has 1 amide bonds. The molecule has 10 nitrogen and oxygen atoms in total. The number of nitro groups is 1. The van der Waals surface area contributed by atoms with Gasteiger partial charge in [-0.1, -0.05) is 17.7 Å². The first-order chi connectivity index (χ1) is 15.1. The van der Waals surface area contributed by atoms with E-state index in [0.717, 1.165) is 12.1 Å². The SMILES string of the molecule is O=C(O)c1cccc(NS(=O)(=O)c2ccc(Cl)c(C(=O)Nc3ccc([N+](=O)[O-])cc3)c2)c1. The Morgan fingerprint density at radius 3 is 2.28 bits per heavy atom. The van der Waals surface area contributed by atoms with E-state index in [-0.39, 0.29) is 38.1 Å². The second-order valence-electron chi connectivity index (χ2n) is 6.39. The molecule has 0 spiro atoms. The third kappa shape index (κ3) is 5.20. The minimum Gasteiger partial charge on any atom is -0.478 e. The second kappa shape index (κ2) is 9.04. The van der Waals surface area contributed by atoms with Crippen molar-refractivity contribution in [1.82, 2.24) is 0 Å². The zero-order valence-electron chi connectivity index (χ0n) is 16.0. The van der Waals surface area contributed by atoms with Crippen molar-refractivity contribution in [2.45, 2.75) is 4.90 Å². The number of nitrogens with zero attached hydrogens (tertiary/aromatic N) is 1. The van der Waals surface area contributed by atoms with Crippen LogP contribution in [0.15, 0.2) is 71.6 Å². The summed E-state index contributed by atoms with van der Waals surface area (Å²) in [6.45, 7) is 0. The van der Waals surface area contributed by atoms with E-state index in [1.807, 2.05) is 0 Å². The van der Waals surface area contributed by atoms with Crippen LogP contribution in [0.25, 0.3) is 0 Å². The number of sulfonamides is 1. The number of benzene rings is 3. The van der Waals surface area contributed by atoms with E-state index in [1.165, 1.54) is 54.6 Å². The molecule has 164 valence electrons. The number of amides is 1. The number of rotatable bonds is 7. The molecule has 3 aromatic carbocycles. The summed E-state index contributed by atoms with van der Waals surface area (Å²) in [6.07, 6.45) is 0. The molecule has 0 aliphatic rings. The lowest BCUT2D eigenvalue weighted by Crippen LogP contribution is -2.16. The molecule has 12 heteroatoms. The number of carboxylic acid groups (broad SMARTS) is 1. The van der Waals surface area contributed by atoms with Crippen LogP contribution >= 0.6 is 11.6 Å². The number of hydrogen-bond donors (Lipinski definition) is 3. The lowest BCUT2D eigenvalue weighted by Gasteiger charge is -2.11. The Morgan fingerprint density at radius 2 is 1.66 bits per heavy atom. The number of carbonyl (C=O) groups excluding carboxylic acids is 1. The first-order valence-corrected chi connectivity index (χ1v) is 10.6. The Hall–Kier alpha value is -3.96. The quantitative estimate of drug-likeness (QED) is 0.344. The second-order valence-corrected chi connectivity index (χ2v) is 8.48. The van der Waals surface area contributed by atoms with E-state index in [9.17, 15) is 28.1 Å². The summed E-state index contributed by atoms with van der Waals surface area (Å²) in [5, 5.41) is 22.2.